The van der Waals surface area contributed by atoms with Crippen molar-refractivity contribution in [1.29, 1.82) is 0 Å². The highest BCUT2D eigenvalue weighted by Crippen LogP contribution is 2.53. The Morgan fingerprint density at radius 3 is 1.03 bits per heavy atom. The molecule has 472 valence electrons. The van der Waals surface area contributed by atoms with Crippen LogP contribution in [0.25, 0.3) is 93.2 Å². The van der Waals surface area contributed by atoms with Crippen molar-refractivity contribution < 1.29 is 0 Å². The molecule has 2 heteroatoms. The summed E-state index contributed by atoms with van der Waals surface area (Å²) in [5.41, 5.74) is 24.5. The summed E-state index contributed by atoms with van der Waals surface area (Å²) in [7, 11) is 0. The summed E-state index contributed by atoms with van der Waals surface area (Å²) < 4.78 is 2.56. The van der Waals surface area contributed by atoms with E-state index in [9.17, 15) is 0 Å². The molecule has 0 aliphatic carbocycles. The maximum atomic E-state index is 2.66. The Hall–Kier alpha value is -7.94. The van der Waals surface area contributed by atoms with Gasteiger partial charge in [-0.25, -0.2) is 0 Å². The molecule has 0 fully saturated rings. The van der Waals surface area contributed by atoms with Crippen LogP contribution in [0.4, 0.5) is 17.1 Å². The Kier molecular flexibility index (Phi) is 15.2. The van der Waals surface area contributed by atoms with Gasteiger partial charge in [0, 0.05) is 32.7 Å². The highest BCUT2D eigenvalue weighted by Gasteiger charge is 2.31. The average Bonchev–Trinajstić information content (AvgIpc) is 1.21. The van der Waals surface area contributed by atoms with Gasteiger partial charge in [0.1, 0.15) is 0 Å². The van der Waals surface area contributed by atoms with Gasteiger partial charge in [-0.15, -0.1) is 0 Å². The van der Waals surface area contributed by atoms with Crippen LogP contribution in [-0.4, -0.2) is 4.57 Å². The van der Waals surface area contributed by atoms with Gasteiger partial charge in [0.05, 0.1) is 33.8 Å². The van der Waals surface area contributed by atoms with Crippen LogP contribution in [0.5, 0.6) is 0 Å². The van der Waals surface area contributed by atoms with Gasteiger partial charge in [0.15, 0.2) is 0 Å². The maximum absolute atomic E-state index is 2.66. The molecule has 0 amide bonds. The summed E-state index contributed by atoms with van der Waals surface area (Å²) in [5.74, 6) is 0. The van der Waals surface area contributed by atoms with Crippen LogP contribution in [-0.2, 0) is 43.3 Å². The molecular weight excluding hydrogens is 1110 g/mol. The number of anilines is 3. The van der Waals surface area contributed by atoms with E-state index in [-0.39, 0.29) is 43.3 Å². The molecule has 0 bridgehead atoms. The van der Waals surface area contributed by atoms with Crippen LogP contribution < -0.4 is 4.90 Å². The number of hydrogen-bond acceptors (Lipinski definition) is 1. The topological polar surface area (TPSA) is 8.17 Å². The number of aromatic nitrogens is 1. The van der Waals surface area contributed by atoms with Crippen molar-refractivity contribution in [2.24, 2.45) is 0 Å². The highest BCUT2D eigenvalue weighted by atomic mass is 15.1. The molecule has 12 rings (SSSR count). The lowest BCUT2D eigenvalue weighted by Gasteiger charge is -2.34. The van der Waals surface area contributed by atoms with Crippen LogP contribution in [0.15, 0.2) is 182 Å². The quantitative estimate of drug-likeness (QED) is 0.144. The van der Waals surface area contributed by atoms with Crippen LogP contribution in [0.2, 0.25) is 0 Å². The summed E-state index contributed by atoms with van der Waals surface area (Å²) in [6.45, 7) is 56.3. The van der Waals surface area contributed by atoms with Crippen LogP contribution >= 0.6 is 0 Å². The summed E-state index contributed by atoms with van der Waals surface area (Å²) in [4.78, 5) is 2.66. The molecule has 92 heavy (non-hydrogen) atoms. The van der Waals surface area contributed by atoms with Gasteiger partial charge in [-0.3, -0.25) is 0 Å². The molecule has 0 unspecified atom stereocenters. The number of fused-ring (bicyclic) bond motifs is 3. The minimum Gasteiger partial charge on any atom is -0.309 e. The van der Waals surface area contributed by atoms with Crippen LogP contribution in [0, 0.1) is 0 Å². The SMILES string of the molecule is CC(C)(C)c1cc(-c2cccc(-c3cc(C(C)(C)C)ccc3N(c3ccc(C(C)(C)C)cc3-c3cc(C(C)(C)C)cc(C(C)(C)C)c3)c3ccc4ccc5c(-n6c7ccc(C(C)(C)C)cc7c7cc(C(C)(C)C)ccc76)ccc6ccc3c4c65)c2)cc(C(C)(C)C)c1. The van der Waals surface area contributed by atoms with Crippen molar-refractivity contribution in [2.45, 2.75) is 209 Å². The predicted molar refractivity (Wildman–Crippen MR) is 405 cm³/mol. The monoisotopic (exact) mass is 1210 g/mol. The summed E-state index contributed by atoms with van der Waals surface area (Å²) in [6, 6.07) is 72.6. The minimum atomic E-state index is -0.126. The summed E-state index contributed by atoms with van der Waals surface area (Å²) in [5, 5.41) is 10.1. The van der Waals surface area contributed by atoms with Crippen molar-refractivity contribution in [3.8, 4) is 39.1 Å². The van der Waals surface area contributed by atoms with E-state index in [0.717, 1.165) is 17.1 Å². The molecule has 0 N–H and O–H groups in total. The third-order valence-corrected chi connectivity index (χ3v) is 20.0. The Balaban J connectivity index is 1.19. The molecule has 0 saturated heterocycles. The number of hydrogen-bond donors (Lipinski definition) is 0. The fourth-order valence-corrected chi connectivity index (χ4v) is 13.8. The molecule has 2 nitrogen and oxygen atoms in total. The highest BCUT2D eigenvalue weighted by molar-refractivity contribution is 6.28. The number of benzene rings is 11. The summed E-state index contributed by atoms with van der Waals surface area (Å²) >= 11 is 0. The first-order chi connectivity index (χ1) is 42.6. The molecule has 0 aliphatic heterocycles. The Bertz CT molecular complexity index is 4720. The lowest BCUT2D eigenvalue weighted by molar-refractivity contribution is 0.568. The fourth-order valence-electron chi connectivity index (χ4n) is 13.8. The van der Waals surface area contributed by atoms with E-state index < -0.39 is 0 Å². The largest absolute Gasteiger partial charge is 0.309 e. The van der Waals surface area contributed by atoms with Crippen LogP contribution in [0.3, 0.4) is 0 Å². The molecule has 11 aromatic carbocycles. The van der Waals surface area contributed by atoms with Crippen LogP contribution in [0.1, 0.15) is 211 Å². The molecular formula is C90H102N2. The summed E-state index contributed by atoms with van der Waals surface area (Å²) in [6.07, 6.45) is 0. The Morgan fingerprint density at radius 1 is 0.239 bits per heavy atom. The normalized spacial score (nSPS) is 13.4. The molecule has 0 spiro atoms. The molecule has 0 aliphatic rings. The minimum absolute atomic E-state index is 0.00138. The number of nitrogens with zero attached hydrogens (tertiary/aromatic N) is 2. The van der Waals surface area contributed by atoms with Crippen molar-refractivity contribution in [1.82, 2.24) is 4.57 Å². The van der Waals surface area contributed by atoms with Gasteiger partial charge in [-0.05, 0) is 198 Å². The van der Waals surface area contributed by atoms with Gasteiger partial charge in [0.2, 0.25) is 0 Å². The Morgan fingerprint density at radius 2 is 0.587 bits per heavy atom. The molecule has 0 saturated carbocycles. The van der Waals surface area contributed by atoms with Crippen molar-refractivity contribution in [3.63, 3.8) is 0 Å². The standard InChI is InChI=1S/C90H102N2/c1-83(2,3)61-32-40-77(71(51-61)58-27-25-26-57(44-58)59-45-65(87(13,14)15)49-66(46-59)88(16,17)18)91(78-41-33-62(84(4,5)6)52-72(78)60-47-67(89(19,20)21)50-68(48-60)90(22,23)24)75-38-30-55-29-37-70-76(39-31-56-28-36-69(75)81(55)82(56)70)92-79-42-34-63(85(7,8)9)53-73(79)74-54-64(86(10,11)12)35-43-80(74)92/h25-54H,1-24H3. The molecule has 0 atom stereocenters. The smallest absolute Gasteiger partial charge is 0.0541 e. The van der Waals surface area contributed by atoms with Gasteiger partial charge >= 0.3 is 0 Å². The predicted octanol–water partition coefficient (Wildman–Crippen LogP) is 26.5. The van der Waals surface area contributed by atoms with Crippen molar-refractivity contribution in [2.75, 3.05) is 4.90 Å². The molecule has 1 aromatic heterocycles. The van der Waals surface area contributed by atoms with Gasteiger partial charge in [0.25, 0.3) is 0 Å². The van der Waals surface area contributed by atoms with E-state index in [2.05, 4.69) is 358 Å². The second-order valence-electron chi connectivity index (χ2n) is 35.4. The third-order valence-electron chi connectivity index (χ3n) is 20.0. The second kappa shape index (κ2) is 21.8. The second-order valence-corrected chi connectivity index (χ2v) is 35.4. The first kappa shape index (κ1) is 64.2. The third kappa shape index (κ3) is 11.8. The zero-order valence-electron chi connectivity index (χ0n) is 60.2. The molecule has 0 radical (unpaired) electrons. The maximum Gasteiger partial charge on any atom is 0.0541 e. The van der Waals surface area contributed by atoms with E-state index in [1.807, 2.05) is 0 Å². The number of rotatable bonds is 7. The molecule has 1 heterocycles. The van der Waals surface area contributed by atoms with Gasteiger partial charge in [-0.2, -0.15) is 0 Å². The zero-order valence-corrected chi connectivity index (χ0v) is 60.2. The first-order valence-electron chi connectivity index (χ1n) is 34.0. The van der Waals surface area contributed by atoms with E-state index in [1.54, 1.807) is 0 Å². The van der Waals surface area contributed by atoms with Gasteiger partial charge < -0.3 is 9.47 Å². The Labute approximate surface area is 552 Å². The fraction of sp³-hybridized carbons (Fsp3) is 0.356. The molecule has 12 aromatic rings. The van der Waals surface area contributed by atoms with E-state index in [1.165, 1.54) is 138 Å². The van der Waals surface area contributed by atoms with Gasteiger partial charge in [-0.1, -0.05) is 281 Å². The first-order valence-corrected chi connectivity index (χ1v) is 34.0. The van der Waals surface area contributed by atoms with Crippen molar-refractivity contribution in [3.05, 3.63) is 226 Å². The van der Waals surface area contributed by atoms with Crippen molar-refractivity contribution >= 4 is 71.2 Å². The van der Waals surface area contributed by atoms with E-state index in [0.29, 0.717) is 0 Å². The average molecular weight is 1210 g/mol. The zero-order chi connectivity index (χ0) is 66.5. The van der Waals surface area contributed by atoms with E-state index >= 15 is 0 Å². The van der Waals surface area contributed by atoms with E-state index in [4.69, 9.17) is 0 Å². The lowest BCUT2D eigenvalue weighted by Crippen LogP contribution is -2.18. The lowest BCUT2D eigenvalue weighted by atomic mass is 9.78.